The average Bonchev–Trinajstić information content (AvgIpc) is 2.85. The smallest absolute Gasteiger partial charge is 0.120 e. The van der Waals surface area contributed by atoms with Crippen LogP contribution in [0.5, 0.6) is 5.75 Å². The molecule has 0 amide bonds. The molecule has 4 rings (SSSR count). The van der Waals surface area contributed by atoms with Crippen LogP contribution in [0.3, 0.4) is 0 Å². The van der Waals surface area contributed by atoms with Crippen LogP contribution in [0.1, 0.15) is 49.1 Å². The molecule has 3 aromatic carbocycles. The molecule has 0 bridgehead atoms. The number of pyridine rings is 1. The van der Waals surface area contributed by atoms with Crippen molar-refractivity contribution in [1.29, 1.82) is 0 Å². The van der Waals surface area contributed by atoms with Crippen molar-refractivity contribution in [1.82, 2.24) is 9.88 Å². The van der Waals surface area contributed by atoms with Crippen molar-refractivity contribution in [2.24, 2.45) is 0 Å². The van der Waals surface area contributed by atoms with Gasteiger partial charge in [-0.1, -0.05) is 55.8 Å². The van der Waals surface area contributed by atoms with E-state index in [-0.39, 0.29) is 0 Å². The molecule has 0 unspecified atom stereocenters. The van der Waals surface area contributed by atoms with Crippen molar-refractivity contribution in [3.63, 3.8) is 0 Å². The van der Waals surface area contributed by atoms with Crippen molar-refractivity contribution in [3.8, 4) is 5.75 Å². The summed E-state index contributed by atoms with van der Waals surface area (Å²) in [4.78, 5) is 9.55. The average molecular weight is 468 g/mol. The first-order valence-electron chi connectivity index (χ1n) is 12.7. The van der Waals surface area contributed by atoms with Gasteiger partial charge in [0.05, 0.1) is 11.2 Å². The molecule has 0 saturated carbocycles. The zero-order valence-electron chi connectivity index (χ0n) is 21.5. The van der Waals surface area contributed by atoms with Gasteiger partial charge in [-0.2, -0.15) is 0 Å². The first kappa shape index (κ1) is 24.7. The van der Waals surface area contributed by atoms with Gasteiger partial charge in [0.25, 0.3) is 0 Å². The number of hydrogen-bond donors (Lipinski definition) is 1. The van der Waals surface area contributed by atoms with Gasteiger partial charge < -0.3 is 10.0 Å². The molecule has 1 heterocycles. The van der Waals surface area contributed by atoms with Gasteiger partial charge in [0.1, 0.15) is 5.75 Å². The van der Waals surface area contributed by atoms with Gasteiger partial charge >= 0.3 is 0 Å². The third-order valence-electron chi connectivity index (χ3n) is 6.42. The monoisotopic (exact) mass is 467 g/mol. The number of phenols is 1. The quantitative estimate of drug-likeness (QED) is 0.262. The summed E-state index contributed by atoms with van der Waals surface area (Å²) in [5.41, 5.74) is 7.68. The third-order valence-corrected chi connectivity index (χ3v) is 6.42. The third kappa shape index (κ3) is 6.01. The van der Waals surface area contributed by atoms with E-state index >= 15 is 0 Å². The number of fused-ring (bicyclic) bond motifs is 1. The molecule has 0 aliphatic rings. The number of aromatic nitrogens is 1. The maximum absolute atomic E-state index is 10.6. The lowest BCUT2D eigenvalue weighted by molar-refractivity contribution is 0.262. The summed E-state index contributed by atoms with van der Waals surface area (Å²) in [6.45, 7) is 12.1. The van der Waals surface area contributed by atoms with Gasteiger partial charge in [-0.05, 0) is 81.7 Å². The topological polar surface area (TPSA) is 39.6 Å². The minimum atomic E-state index is 0.373. The molecule has 0 saturated heterocycles. The van der Waals surface area contributed by atoms with Gasteiger partial charge in [-0.3, -0.25) is 9.88 Å². The van der Waals surface area contributed by atoms with E-state index in [2.05, 4.69) is 92.1 Å². The fraction of sp³-hybridized carbons (Fsp3) is 0.323. The van der Waals surface area contributed by atoms with Crippen LogP contribution in [0.4, 0.5) is 11.4 Å². The molecule has 0 aliphatic heterocycles. The number of aromatic hydroxyl groups is 1. The zero-order chi connectivity index (χ0) is 24.8. The van der Waals surface area contributed by atoms with E-state index in [1.165, 1.54) is 11.1 Å². The molecule has 1 N–H and O–H groups in total. The second-order valence-electron chi connectivity index (χ2n) is 9.46. The van der Waals surface area contributed by atoms with Gasteiger partial charge in [0.15, 0.2) is 0 Å². The second-order valence-corrected chi connectivity index (χ2v) is 9.46. The lowest BCUT2D eigenvalue weighted by atomic mass is 10.1. The lowest BCUT2D eigenvalue weighted by Gasteiger charge is -2.28. The molecule has 0 atom stereocenters. The summed E-state index contributed by atoms with van der Waals surface area (Å²) in [6, 6.07) is 25.3. The van der Waals surface area contributed by atoms with Crippen LogP contribution in [-0.2, 0) is 13.1 Å². The van der Waals surface area contributed by atoms with Gasteiger partial charge in [0.2, 0.25) is 0 Å². The van der Waals surface area contributed by atoms with E-state index < -0.39 is 0 Å². The van der Waals surface area contributed by atoms with Crippen LogP contribution in [0, 0.1) is 13.8 Å². The van der Waals surface area contributed by atoms with E-state index in [0.717, 1.165) is 66.0 Å². The summed E-state index contributed by atoms with van der Waals surface area (Å²) >= 11 is 0. The van der Waals surface area contributed by atoms with E-state index in [1.807, 2.05) is 18.2 Å². The summed E-state index contributed by atoms with van der Waals surface area (Å²) < 4.78 is 0. The molecule has 4 nitrogen and oxygen atoms in total. The van der Waals surface area contributed by atoms with E-state index in [4.69, 9.17) is 4.98 Å². The van der Waals surface area contributed by atoms with E-state index in [0.29, 0.717) is 12.3 Å². The van der Waals surface area contributed by atoms with Crippen LogP contribution in [0.2, 0.25) is 0 Å². The highest BCUT2D eigenvalue weighted by molar-refractivity contribution is 5.94. The van der Waals surface area contributed by atoms with Crippen molar-refractivity contribution in [2.75, 3.05) is 18.0 Å². The van der Waals surface area contributed by atoms with Crippen LogP contribution in [0.25, 0.3) is 10.9 Å². The van der Waals surface area contributed by atoms with Gasteiger partial charge in [-0.15, -0.1) is 0 Å². The predicted molar refractivity (Wildman–Crippen MR) is 147 cm³/mol. The maximum Gasteiger partial charge on any atom is 0.120 e. The number of rotatable bonds is 10. The predicted octanol–water partition coefficient (Wildman–Crippen LogP) is 7.52. The molecule has 0 aliphatic carbocycles. The Kier molecular flexibility index (Phi) is 8.04. The van der Waals surface area contributed by atoms with Crippen LogP contribution < -0.4 is 4.90 Å². The maximum atomic E-state index is 10.6. The zero-order valence-corrected chi connectivity index (χ0v) is 21.5. The highest BCUT2D eigenvalue weighted by Gasteiger charge is 2.16. The van der Waals surface area contributed by atoms with Crippen molar-refractivity contribution in [2.45, 2.75) is 53.6 Å². The van der Waals surface area contributed by atoms with E-state index in [9.17, 15) is 5.11 Å². The Morgan fingerprint density at radius 3 is 2.23 bits per heavy atom. The minimum Gasteiger partial charge on any atom is -0.508 e. The van der Waals surface area contributed by atoms with E-state index in [1.54, 1.807) is 0 Å². The number of phenolic OH excluding ortho intramolecular Hbond substituents is 1. The molecule has 0 fully saturated rings. The largest absolute Gasteiger partial charge is 0.508 e. The highest BCUT2D eigenvalue weighted by atomic mass is 16.3. The molecule has 4 aromatic rings. The number of anilines is 2. The SMILES string of the molecule is CCCN(CCC)Cc1cc(CN(c2ccc(C)cc2)c2cc(C)nc3ccccc23)ccc1O. The fourth-order valence-corrected chi connectivity index (χ4v) is 4.74. The molecular weight excluding hydrogens is 430 g/mol. The minimum absolute atomic E-state index is 0.373. The Morgan fingerprint density at radius 1 is 0.800 bits per heavy atom. The number of nitrogens with zero attached hydrogens (tertiary/aromatic N) is 3. The van der Waals surface area contributed by atoms with Crippen LogP contribution in [-0.4, -0.2) is 28.1 Å². The van der Waals surface area contributed by atoms with Crippen LogP contribution in [0.15, 0.2) is 72.8 Å². The Hall–Kier alpha value is -3.37. The van der Waals surface area contributed by atoms with Crippen molar-refractivity contribution < 1.29 is 5.11 Å². The van der Waals surface area contributed by atoms with Gasteiger partial charge in [0, 0.05) is 35.4 Å². The Morgan fingerprint density at radius 2 is 1.51 bits per heavy atom. The molecule has 1 aromatic heterocycles. The molecule has 4 heteroatoms. The summed E-state index contributed by atoms with van der Waals surface area (Å²) in [5, 5.41) is 11.8. The first-order chi connectivity index (χ1) is 17.0. The number of benzene rings is 3. The Bertz CT molecular complexity index is 1260. The molecule has 35 heavy (non-hydrogen) atoms. The lowest BCUT2D eigenvalue weighted by Crippen LogP contribution is -2.25. The fourth-order valence-electron chi connectivity index (χ4n) is 4.74. The highest BCUT2D eigenvalue weighted by Crippen LogP contribution is 2.34. The van der Waals surface area contributed by atoms with Crippen molar-refractivity contribution in [3.05, 3.63) is 95.2 Å². The summed E-state index contributed by atoms with van der Waals surface area (Å²) in [7, 11) is 0. The molecule has 182 valence electrons. The summed E-state index contributed by atoms with van der Waals surface area (Å²) in [6.07, 6.45) is 2.21. The first-order valence-corrected chi connectivity index (χ1v) is 12.7. The molecule has 0 radical (unpaired) electrons. The Balaban J connectivity index is 1.75. The normalized spacial score (nSPS) is 11.3. The standard InChI is InChI=1S/C31H37N3O/c1-5-17-33(18-6-2)22-26-20-25(13-16-31(26)35)21-34(27-14-11-23(3)12-15-27)30-19-24(4)32-29-10-8-7-9-28(29)30/h7-16,19-20,35H,5-6,17-18,21-22H2,1-4H3. The second kappa shape index (κ2) is 11.4. The number of hydrogen-bond acceptors (Lipinski definition) is 4. The molecule has 0 spiro atoms. The van der Waals surface area contributed by atoms with Crippen molar-refractivity contribution >= 4 is 22.3 Å². The molecular formula is C31H37N3O. The Labute approximate surface area is 209 Å². The summed E-state index contributed by atoms with van der Waals surface area (Å²) in [5.74, 6) is 0.373. The number of para-hydroxylation sites is 1. The number of aryl methyl sites for hydroxylation is 2. The van der Waals surface area contributed by atoms with Crippen LogP contribution >= 0.6 is 0 Å². The van der Waals surface area contributed by atoms with Gasteiger partial charge in [-0.25, -0.2) is 0 Å².